The van der Waals surface area contributed by atoms with Gasteiger partial charge in [-0.25, -0.2) is 9.37 Å². The molecule has 0 radical (unpaired) electrons. The second-order valence-corrected chi connectivity index (χ2v) is 6.81. The van der Waals surface area contributed by atoms with Crippen molar-refractivity contribution < 1.29 is 9.23 Å². The zero-order valence-electron chi connectivity index (χ0n) is 15.1. The molecule has 0 spiro atoms. The van der Waals surface area contributed by atoms with E-state index in [0.717, 1.165) is 28.2 Å². The Kier molecular flexibility index (Phi) is 5.08. The van der Waals surface area contributed by atoms with E-state index in [1.807, 2.05) is 53.9 Å². The molecule has 0 N–H and O–H groups in total. The molecule has 28 heavy (non-hydrogen) atoms. The second kappa shape index (κ2) is 7.82. The molecule has 0 bridgehead atoms. The van der Waals surface area contributed by atoms with E-state index in [2.05, 4.69) is 5.16 Å². The molecule has 6 heteroatoms. The van der Waals surface area contributed by atoms with Crippen LogP contribution in [0.15, 0.2) is 72.0 Å². The van der Waals surface area contributed by atoms with Crippen molar-refractivity contribution in [2.75, 3.05) is 0 Å². The average molecular weight is 394 g/mol. The highest BCUT2D eigenvalue weighted by atomic mass is 35.5. The number of aromatic nitrogens is 2. The standard InChI is InChI=1S/C22H17ClFN3O/c1-15-4-3-11-27-20(13-25-28-14-16-5-2-6-19(24)12-16)21(26-22(15)27)17-7-9-18(23)10-8-17/h2-13H,14H2,1H3/b25-13-. The summed E-state index contributed by atoms with van der Waals surface area (Å²) in [4.78, 5) is 10.2. The van der Waals surface area contributed by atoms with Crippen LogP contribution < -0.4 is 0 Å². The Morgan fingerprint density at radius 3 is 2.75 bits per heavy atom. The fraction of sp³-hybridized carbons (Fsp3) is 0.0909. The van der Waals surface area contributed by atoms with Crippen molar-refractivity contribution in [2.24, 2.45) is 5.16 Å². The third-order valence-electron chi connectivity index (χ3n) is 4.37. The first kappa shape index (κ1) is 18.2. The molecular weight excluding hydrogens is 377 g/mol. The molecule has 140 valence electrons. The van der Waals surface area contributed by atoms with Crippen molar-refractivity contribution in [1.29, 1.82) is 0 Å². The molecule has 0 saturated carbocycles. The third-order valence-corrected chi connectivity index (χ3v) is 4.62. The van der Waals surface area contributed by atoms with Crippen molar-refractivity contribution in [3.05, 3.63) is 94.5 Å². The Balaban J connectivity index is 1.67. The molecule has 4 rings (SSSR count). The minimum absolute atomic E-state index is 0.181. The quantitative estimate of drug-likeness (QED) is 0.324. The van der Waals surface area contributed by atoms with Crippen LogP contribution in [0.4, 0.5) is 4.39 Å². The van der Waals surface area contributed by atoms with Crippen molar-refractivity contribution >= 4 is 23.5 Å². The predicted octanol–water partition coefficient (Wildman–Crippen LogP) is 5.65. The van der Waals surface area contributed by atoms with Gasteiger partial charge in [0.05, 0.1) is 17.6 Å². The second-order valence-electron chi connectivity index (χ2n) is 6.38. The van der Waals surface area contributed by atoms with E-state index >= 15 is 0 Å². The van der Waals surface area contributed by atoms with Crippen LogP contribution in [0, 0.1) is 12.7 Å². The van der Waals surface area contributed by atoms with Gasteiger partial charge in [-0.1, -0.05) is 47.1 Å². The van der Waals surface area contributed by atoms with Crippen LogP contribution in [0.2, 0.25) is 5.02 Å². The number of rotatable bonds is 5. The monoisotopic (exact) mass is 393 g/mol. The van der Waals surface area contributed by atoms with Crippen LogP contribution >= 0.6 is 11.6 Å². The summed E-state index contributed by atoms with van der Waals surface area (Å²) in [6, 6.07) is 17.7. The summed E-state index contributed by atoms with van der Waals surface area (Å²) in [7, 11) is 0. The molecule has 0 fully saturated rings. The van der Waals surface area contributed by atoms with E-state index < -0.39 is 0 Å². The molecule has 0 unspecified atom stereocenters. The van der Waals surface area contributed by atoms with E-state index in [9.17, 15) is 4.39 Å². The molecule has 2 aromatic carbocycles. The number of pyridine rings is 1. The normalized spacial score (nSPS) is 11.4. The fourth-order valence-electron chi connectivity index (χ4n) is 2.99. The van der Waals surface area contributed by atoms with Gasteiger partial charge in [-0.2, -0.15) is 0 Å². The molecule has 4 nitrogen and oxygen atoms in total. The number of oxime groups is 1. The molecular formula is C22H17ClFN3O. The van der Waals surface area contributed by atoms with Gasteiger partial charge in [-0.05, 0) is 48.4 Å². The van der Waals surface area contributed by atoms with Gasteiger partial charge in [0.15, 0.2) is 0 Å². The summed E-state index contributed by atoms with van der Waals surface area (Å²) in [6.45, 7) is 2.19. The molecule has 0 aliphatic heterocycles. The minimum atomic E-state index is -0.299. The van der Waals surface area contributed by atoms with Crippen molar-refractivity contribution in [2.45, 2.75) is 13.5 Å². The fourth-order valence-corrected chi connectivity index (χ4v) is 3.12. The van der Waals surface area contributed by atoms with Crippen molar-refractivity contribution in [1.82, 2.24) is 9.38 Å². The summed E-state index contributed by atoms with van der Waals surface area (Å²) < 4.78 is 15.2. The van der Waals surface area contributed by atoms with Crippen LogP contribution in [0.3, 0.4) is 0 Å². The summed E-state index contributed by atoms with van der Waals surface area (Å²) >= 11 is 6.02. The number of aryl methyl sites for hydroxylation is 1. The number of benzene rings is 2. The largest absolute Gasteiger partial charge is 0.391 e. The number of hydrogen-bond acceptors (Lipinski definition) is 3. The lowest BCUT2D eigenvalue weighted by Crippen LogP contribution is -1.95. The highest BCUT2D eigenvalue weighted by molar-refractivity contribution is 6.30. The summed E-state index contributed by atoms with van der Waals surface area (Å²) in [5, 5.41) is 4.75. The van der Waals surface area contributed by atoms with Gasteiger partial charge >= 0.3 is 0 Å². The van der Waals surface area contributed by atoms with Crippen LogP contribution in [0.5, 0.6) is 0 Å². The first-order valence-corrected chi connectivity index (χ1v) is 9.13. The van der Waals surface area contributed by atoms with Gasteiger partial charge in [0.25, 0.3) is 0 Å². The minimum Gasteiger partial charge on any atom is -0.391 e. The third kappa shape index (κ3) is 3.75. The number of nitrogens with zero attached hydrogens (tertiary/aromatic N) is 3. The summed E-state index contributed by atoms with van der Waals surface area (Å²) in [5.41, 5.74) is 5.12. The topological polar surface area (TPSA) is 38.9 Å². The van der Waals surface area contributed by atoms with Gasteiger partial charge in [0, 0.05) is 16.8 Å². The van der Waals surface area contributed by atoms with Crippen LogP contribution in [-0.4, -0.2) is 15.6 Å². The summed E-state index contributed by atoms with van der Waals surface area (Å²) in [5.74, 6) is -0.299. The Bertz CT molecular complexity index is 1150. The molecule has 0 aliphatic rings. The van der Waals surface area contributed by atoms with Crippen molar-refractivity contribution in [3.8, 4) is 11.3 Å². The van der Waals surface area contributed by atoms with E-state index in [1.54, 1.807) is 18.3 Å². The number of fused-ring (bicyclic) bond motifs is 1. The van der Waals surface area contributed by atoms with E-state index in [4.69, 9.17) is 21.4 Å². The number of halogens is 2. The lowest BCUT2D eigenvalue weighted by atomic mass is 10.1. The highest BCUT2D eigenvalue weighted by Gasteiger charge is 2.14. The predicted molar refractivity (Wildman–Crippen MR) is 109 cm³/mol. The zero-order chi connectivity index (χ0) is 19.5. The Morgan fingerprint density at radius 1 is 1.14 bits per heavy atom. The van der Waals surface area contributed by atoms with Crippen LogP contribution in [0.25, 0.3) is 16.9 Å². The molecule has 0 aliphatic carbocycles. The Hall–Kier alpha value is -3.18. The van der Waals surface area contributed by atoms with E-state index in [-0.39, 0.29) is 12.4 Å². The molecule has 4 aromatic rings. The van der Waals surface area contributed by atoms with E-state index in [0.29, 0.717) is 10.6 Å². The highest BCUT2D eigenvalue weighted by Crippen LogP contribution is 2.26. The van der Waals surface area contributed by atoms with Gasteiger partial charge in [0.1, 0.15) is 18.1 Å². The lowest BCUT2D eigenvalue weighted by molar-refractivity contribution is 0.132. The smallest absolute Gasteiger partial charge is 0.142 e. The maximum Gasteiger partial charge on any atom is 0.142 e. The Labute approximate surface area is 166 Å². The zero-order valence-corrected chi connectivity index (χ0v) is 15.9. The van der Waals surface area contributed by atoms with Crippen molar-refractivity contribution in [3.63, 3.8) is 0 Å². The van der Waals surface area contributed by atoms with Gasteiger partial charge in [0.2, 0.25) is 0 Å². The molecule has 2 heterocycles. The Morgan fingerprint density at radius 2 is 1.96 bits per heavy atom. The molecule has 2 aromatic heterocycles. The van der Waals surface area contributed by atoms with Crippen LogP contribution in [-0.2, 0) is 11.4 Å². The first-order valence-electron chi connectivity index (χ1n) is 8.75. The maximum atomic E-state index is 13.3. The molecule has 0 amide bonds. The SMILES string of the molecule is Cc1cccn2c(/C=N\OCc3cccc(F)c3)c(-c3ccc(Cl)cc3)nc12. The van der Waals surface area contributed by atoms with Gasteiger partial charge < -0.3 is 4.84 Å². The number of imidazole rings is 1. The van der Waals surface area contributed by atoms with Gasteiger partial charge in [-0.3, -0.25) is 4.40 Å². The van der Waals surface area contributed by atoms with E-state index in [1.165, 1.54) is 12.1 Å². The van der Waals surface area contributed by atoms with Gasteiger partial charge in [-0.15, -0.1) is 0 Å². The lowest BCUT2D eigenvalue weighted by Gasteiger charge is -2.02. The molecule has 0 atom stereocenters. The summed E-state index contributed by atoms with van der Waals surface area (Å²) in [6.07, 6.45) is 3.56. The first-order chi connectivity index (χ1) is 13.6. The average Bonchev–Trinajstić information content (AvgIpc) is 3.06. The molecule has 0 saturated heterocycles. The maximum absolute atomic E-state index is 13.3. The number of hydrogen-bond donors (Lipinski definition) is 0. The van der Waals surface area contributed by atoms with Crippen LogP contribution in [0.1, 0.15) is 16.8 Å².